The number of carbonyl (C=O) groups is 2. The third-order valence-corrected chi connectivity index (χ3v) is 2.39. The lowest BCUT2D eigenvalue weighted by molar-refractivity contribution is -0.146. The minimum absolute atomic E-state index is 0.0392. The number of hydrogen-bond acceptors (Lipinski definition) is 4. The second kappa shape index (κ2) is 6.31. The van der Waals surface area contributed by atoms with E-state index in [1.165, 1.54) is 6.20 Å². The van der Waals surface area contributed by atoms with E-state index in [1.807, 2.05) is 0 Å². The summed E-state index contributed by atoms with van der Waals surface area (Å²) in [5.41, 5.74) is 0.365. The molecule has 0 radical (unpaired) electrons. The third-order valence-electron chi connectivity index (χ3n) is 1.96. The van der Waals surface area contributed by atoms with Gasteiger partial charge in [-0.1, -0.05) is 0 Å². The second-order valence-electron chi connectivity index (χ2n) is 3.29. The van der Waals surface area contributed by atoms with Crippen LogP contribution in [0, 0.1) is 0 Å². The minimum Gasteiger partial charge on any atom is -0.479 e. The summed E-state index contributed by atoms with van der Waals surface area (Å²) in [6.07, 6.45) is 1.44. The van der Waals surface area contributed by atoms with Gasteiger partial charge in [0.1, 0.15) is 0 Å². The highest BCUT2D eigenvalue weighted by atomic mass is 79.9. The molecule has 3 N–H and O–H groups in total. The standard InChI is InChI=1S/C10H11BrN2O4/c11-7-3-6(4-12-5-7)9(15)13-2-1-8(14)10(16)17/h3-5,8,14H,1-2H2,(H,13,15)(H,16,17). The lowest BCUT2D eigenvalue weighted by Gasteiger charge is -2.07. The van der Waals surface area contributed by atoms with Crippen molar-refractivity contribution in [1.82, 2.24) is 10.3 Å². The molecule has 1 atom stereocenters. The van der Waals surface area contributed by atoms with Gasteiger partial charge in [0.2, 0.25) is 0 Å². The largest absolute Gasteiger partial charge is 0.479 e. The molecule has 0 saturated carbocycles. The molecule has 0 aliphatic heterocycles. The molecule has 0 fully saturated rings. The van der Waals surface area contributed by atoms with Gasteiger partial charge >= 0.3 is 5.97 Å². The van der Waals surface area contributed by atoms with Gasteiger partial charge in [0, 0.05) is 29.8 Å². The van der Waals surface area contributed by atoms with E-state index in [0.717, 1.165) is 0 Å². The lowest BCUT2D eigenvalue weighted by atomic mass is 10.2. The summed E-state index contributed by atoms with van der Waals surface area (Å²) in [7, 11) is 0. The topological polar surface area (TPSA) is 99.5 Å². The fourth-order valence-electron chi connectivity index (χ4n) is 1.08. The van der Waals surface area contributed by atoms with Crippen molar-refractivity contribution in [1.29, 1.82) is 0 Å². The first-order chi connectivity index (χ1) is 8.00. The van der Waals surface area contributed by atoms with Crippen LogP contribution in [0.2, 0.25) is 0 Å². The van der Waals surface area contributed by atoms with Crippen LogP contribution < -0.4 is 5.32 Å². The number of hydrogen-bond donors (Lipinski definition) is 3. The van der Waals surface area contributed by atoms with E-state index in [0.29, 0.717) is 10.0 Å². The molecule has 1 aromatic heterocycles. The predicted octanol–water partition coefficient (Wildman–Crippen LogP) is 0.410. The van der Waals surface area contributed by atoms with Crippen LogP contribution in [0.1, 0.15) is 16.8 Å². The van der Waals surface area contributed by atoms with Crippen LogP contribution in [0.3, 0.4) is 0 Å². The Labute approximate surface area is 106 Å². The molecule has 0 spiro atoms. The van der Waals surface area contributed by atoms with E-state index in [-0.39, 0.29) is 18.9 Å². The first-order valence-electron chi connectivity index (χ1n) is 4.80. The van der Waals surface area contributed by atoms with Crippen LogP contribution in [0.15, 0.2) is 22.9 Å². The molecule has 0 aromatic carbocycles. The number of aliphatic hydroxyl groups is 1. The van der Waals surface area contributed by atoms with E-state index in [1.54, 1.807) is 12.3 Å². The smallest absolute Gasteiger partial charge is 0.332 e. The molecule has 1 aromatic rings. The van der Waals surface area contributed by atoms with E-state index >= 15 is 0 Å². The van der Waals surface area contributed by atoms with Crippen molar-refractivity contribution in [2.45, 2.75) is 12.5 Å². The lowest BCUT2D eigenvalue weighted by Crippen LogP contribution is -2.30. The van der Waals surface area contributed by atoms with Crippen molar-refractivity contribution >= 4 is 27.8 Å². The van der Waals surface area contributed by atoms with E-state index < -0.39 is 12.1 Å². The maximum atomic E-state index is 11.5. The van der Waals surface area contributed by atoms with Gasteiger partial charge in [-0.25, -0.2) is 4.79 Å². The molecule has 0 saturated heterocycles. The fourth-order valence-corrected chi connectivity index (χ4v) is 1.45. The van der Waals surface area contributed by atoms with Crippen LogP contribution in [0.4, 0.5) is 0 Å². The highest BCUT2D eigenvalue weighted by molar-refractivity contribution is 9.10. The van der Waals surface area contributed by atoms with Crippen molar-refractivity contribution in [3.63, 3.8) is 0 Å². The zero-order chi connectivity index (χ0) is 12.8. The molecule has 0 aliphatic rings. The molecule has 1 rings (SSSR count). The number of aromatic nitrogens is 1. The molecule has 0 aliphatic carbocycles. The highest BCUT2D eigenvalue weighted by Gasteiger charge is 2.13. The van der Waals surface area contributed by atoms with Gasteiger partial charge in [-0.15, -0.1) is 0 Å². The Morgan fingerprint density at radius 1 is 1.47 bits per heavy atom. The third kappa shape index (κ3) is 4.49. The summed E-state index contributed by atoms with van der Waals surface area (Å²) in [5.74, 6) is -1.67. The molecule has 17 heavy (non-hydrogen) atoms. The number of carboxylic acid groups (broad SMARTS) is 1. The zero-order valence-corrected chi connectivity index (χ0v) is 10.3. The second-order valence-corrected chi connectivity index (χ2v) is 4.21. The Hall–Kier alpha value is -1.47. The van der Waals surface area contributed by atoms with Gasteiger partial charge in [0.25, 0.3) is 5.91 Å². The average Bonchev–Trinajstić information content (AvgIpc) is 2.28. The number of pyridine rings is 1. The summed E-state index contributed by atoms with van der Waals surface area (Å²) in [4.78, 5) is 25.7. The van der Waals surface area contributed by atoms with Crippen molar-refractivity contribution in [2.75, 3.05) is 6.54 Å². The molecule has 7 heteroatoms. The van der Waals surface area contributed by atoms with Gasteiger partial charge in [-0.05, 0) is 22.0 Å². The Balaban J connectivity index is 2.43. The molecular weight excluding hydrogens is 292 g/mol. The van der Waals surface area contributed by atoms with Gasteiger partial charge < -0.3 is 15.5 Å². The summed E-state index contributed by atoms with van der Waals surface area (Å²) in [5, 5.41) is 19.9. The maximum absolute atomic E-state index is 11.5. The van der Waals surface area contributed by atoms with E-state index in [9.17, 15) is 9.59 Å². The summed E-state index contributed by atoms with van der Waals surface area (Å²) < 4.78 is 0.677. The van der Waals surface area contributed by atoms with Crippen molar-refractivity contribution in [3.05, 3.63) is 28.5 Å². The number of carboxylic acids is 1. The first kappa shape index (κ1) is 13.6. The fraction of sp³-hybridized carbons (Fsp3) is 0.300. The molecular formula is C10H11BrN2O4. The van der Waals surface area contributed by atoms with Crippen molar-refractivity contribution < 1.29 is 19.8 Å². The van der Waals surface area contributed by atoms with Crippen LogP contribution in [-0.4, -0.2) is 39.7 Å². The Kier molecular flexibility index (Phi) is 5.05. The normalized spacial score (nSPS) is 11.9. The highest BCUT2D eigenvalue weighted by Crippen LogP contribution is 2.09. The first-order valence-corrected chi connectivity index (χ1v) is 5.59. The number of nitrogens with one attached hydrogen (secondary N) is 1. The quantitative estimate of drug-likeness (QED) is 0.731. The van der Waals surface area contributed by atoms with Crippen molar-refractivity contribution in [2.24, 2.45) is 0 Å². The van der Waals surface area contributed by atoms with E-state index in [4.69, 9.17) is 10.2 Å². The molecule has 1 heterocycles. The monoisotopic (exact) mass is 302 g/mol. The Morgan fingerprint density at radius 3 is 2.76 bits per heavy atom. The summed E-state index contributed by atoms with van der Waals surface area (Å²) in [6.45, 7) is 0.0822. The molecule has 1 unspecified atom stereocenters. The number of aliphatic hydroxyl groups excluding tert-OH is 1. The van der Waals surface area contributed by atoms with Crippen LogP contribution in [0.25, 0.3) is 0 Å². The van der Waals surface area contributed by atoms with Crippen molar-refractivity contribution in [3.8, 4) is 0 Å². The molecule has 1 amide bonds. The van der Waals surface area contributed by atoms with Gasteiger partial charge in [0.05, 0.1) is 5.56 Å². The maximum Gasteiger partial charge on any atom is 0.332 e. The van der Waals surface area contributed by atoms with Crippen LogP contribution in [0.5, 0.6) is 0 Å². The van der Waals surface area contributed by atoms with Gasteiger partial charge in [-0.2, -0.15) is 0 Å². The molecule has 92 valence electrons. The van der Waals surface area contributed by atoms with Crippen LogP contribution >= 0.6 is 15.9 Å². The number of carbonyl (C=O) groups excluding carboxylic acids is 1. The van der Waals surface area contributed by atoms with Crippen LogP contribution in [-0.2, 0) is 4.79 Å². The molecule has 0 bridgehead atoms. The zero-order valence-electron chi connectivity index (χ0n) is 8.76. The van der Waals surface area contributed by atoms with Gasteiger partial charge in [-0.3, -0.25) is 9.78 Å². The SMILES string of the molecule is O=C(NCCC(O)C(=O)O)c1cncc(Br)c1. The summed E-state index contributed by atoms with van der Waals surface area (Å²) in [6, 6.07) is 1.59. The summed E-state index contributed by atoms with van der Waals surface area (Å²) >= 11 is 3.18. The minimum atomic E-state index is -1.46. The number of amides is 1. The number of halogens is 1. The van der Waals surface area contributed by atoms with E-state index in [2.05, 4.69) is 26.2 Å². The number of nitrogens with zero attached hydrogens (tertiary/aromatic N) is 1. The predicted molar refractivity (Wildman–Crippen MR) is 62.5 cm³/mol. The number of rotatable bonds is 5. The Bertz CT molecular complexity index is 425. The molecule has 6 nitrogen and oxygen atoms in total. The average molecular weight is 303 g/mol. The van der Waals surface area contributed by atoms with Gasteiger partial charge in [0.15, 0.2) is 6.10 Å². The number of aliphatic carboxylic acids is 1. The Morgan fingerprint density at radius 2 is 2.18 bits per heavy atom.